The minimum Gasteiger partial charge on any atom is -0.496 e. The summed E-state index contributed by atoms with van der Waals surface area (Å²) in [5, 5.41) is 3.44. The number of Topliss-reactive ketones (excluding diaryl/α,β-unsaturated/α-hetero) is 1. The predicted octanol–water partition coefficient (Wildman–Crippen LogP) is 4.14. The third-order valence-corrected chi connectivity index (χ3v) is 4.35. The van der Waals surface area contributed by atoms with Gasteiger partial charge in [0.1, 0.15) is 11.6 Å². The van der Waals surface area contributed by atoms with Crippen molar-refractivity contribution >= 4 is 5.78 Å². The van der Waals surface area contributed by atoms with Crippen molar-refractivity contribution in [1.82, 2.24) is 15.3 Å². The predicted molar refractivity (Wildman–Crippen MR) is 102 cm³/mol. The van der Waals surface area contributed by atoms with Crippen molar-refractivity contribution in [1.29, 1.82) is 0 Å². The van der Waals surface area contributed by atoms with E-state index in [9.17, 15) is 4.79 Å². The second-order valence-electron chi connectivity index (χ2n) is 6.24. The highest BCUT2D eigenvalue weighted by molar-refractivity contribution is 5.97. The number of H-pyrrole nitrogens is 1. The van der Waals surface area contributed by atoms with Gasteiger partial charge in [-0.3, -0.25) is 4.79 Å². The lowest BCUT2D eigenvalue weighted by atomic mass is 10.1. The summed E-state index contributed by atoms with van der Waals surface area (Å²) in [5.41, 5.74) is 3.73. The molecule has 0 saturated heterocycles. The number of ether oxygens (including phenoxy) is 1. The summed E-state index contributed by atoms with van der Waals surface area (Å²) in [4.78, 5) is 19.6. The highest BCUT2D eigenvalue weighted by Crippen LogP contribution is 2.22. The molecule has 134 valence electrons. The van der Waals surface area contributed by atoms with Crippen LogP contribution < -0.4 is 10.1 Å². The maximum absolute atomic E-state index is 11.8. The van der Waals surface area contributed by atoms with Crippen LogP contribution >= 0.6 is 0 Å². The molecule has 0 spiro atoms. The number of aromatic nitrogens is 2. The van der Waals surface area contributed by atoms with Crippen LogP contribution in [0.2, 0.25) is 0 Å². The van der Waals surface area contributed by atoms with E-state index in [1.807, 2.05) is 42.6 Å². The van der Waals surface area contributed by atoms with Crippen molar-refractivity contribution in [3.05, 3.63) is 71.7 Å². The number of hydrogen-bond donors (Lipinski definition) is 2. The van der Waals surface area contributed by atoms with Gasteiger partial charge in [0.25, 0.3) is 0 Å². The molecular formula is C21H23N3O2. The fourth-order valence-electron chi connectivity index (χ4n) is 2.83. The summed E-state index contributed by atoms with van der Waals surface area (Å²) in [6.45, 7) is 4.24. The van der Waals surface area contributed by atoms with Gasteiger partial charge >= 0.3 is 0 Å². The zero-order chi connectivity index (χ0) is 18.5. The third-order valence-electron chi connectivity index (χ3n) is 4.35. The number of nitrogens with one attached hydrogen (secondary N) is 2. The number of methoxy groups -OCH3 is 1. The Morgan fingerprint density at radius 3 is 2.69 bits per heavy atom. The second-order valence-corrected chi connectivity index (χ2v) is 6.24. The number of ketones is 1. The summed E-state index contributed by atoms with van der Waals surface area (Å²) < 4.78 is 5.25. The molecule has 1 unspecified atom stereocenters. The van der Waals surface area contributed by atoms with Crippen LogP contribution in [0.15, 0.2) is 54.7 Å². The quantitative estimate of drug-likeness (QED) is 0.629. The number of nitrogens with zero attached hydrogens (tertiary/aromatic N) is 1. The first-order valence-corrected chi connectivity index (χ1v) is 8.60. The molecule has 0 aliphatic heterocycles. The number of carbonyl (C=O) groups is 1. The Hall–Kier alpha value is -2.92. The Morgan fingerprint density at radius 2 is 2.00 bits per heavy atom. The molecular weight excluding hydrogens is 326 g/mol. The first kappa shape index (κ1) is 17.9. The SMILES string of the molecule is COc1ccc(CNC(C)c2ncc(-c3ccccc3)[nH]2)cc1C(C)=O. The molecule has 1 atom stereocenters. The molecule has 1 heterocycles. The molecule has 5 heteroatoms. The Balaban J connectivity index is 1.68. The lowest BCUT2D eigenvalue weighted by Crippen LogP contribution is -2.19. The van der Waals surface area contributed by atoms with Crippen molar-refractivity contribution in [3.63, 3.8) is 0 Å². The van der Waals surface area contributed by atoms with E-state index in [0.29, 0.717) is 17.9 Å². The minimum absolute atomic E-state index is 0.00436. The molecule has 0 aliphatic carbocycles. The number of carbonyl (C=O) groups excluding carboxylic acids is 1. The average Bonchev–Trinajstić information content (AvgIpc) is 3.17. The summed E-state index contributed by atoms with van der Waals surface area (Å²) >= 11 is 0. The van der Waals surface area contributed by atoms with Crippen molar-refractivity contribution in [2.75, 3.05) is 7.11 Å². The molecule has 26 heavy (non-hydrogen) atoms. The van der Waals surface area contributed by atoms with Crippen LogP contribution in [0, 0.1) is 0 Å². The van der Waals surface area contributed by atoms with Crippen LogP contribution in [0.25, 0.3) is 11.3 Å². The van der Waals surface area contributed by atoms with Crippen LogP contribution in [0.3, 0.4) is 0 Å². The van der Waals surface area contributed by atoms with Gasteiger partial charge in [0, 0.05) is 6.54 Å². The van der Waals surface area contributed by atoms with E-state index in [1.54, 1.807) is 14.0 Å². The Morgan fingerprint density at radius 1 is 1.23 bits per heavy atom. The highest BCUT2D eigenvalue weighted by atomic mass is 16.5. The van der Waals surface area contributed by atoms with Gasteiger partial charge in [0.15, 0.2) is 5.78 Å². The van der Waals surface area contributed by atoms with Gasteiger partial charge in [-0.15, -0.1) is 0 Å². The zero-order valence-electron chi connectivity index (χ0n) is 15.2. The van der Waals surface area contributed by atoms with E-state index < -0.39 is 0 Å². The molecule has 0 fully saturated rings. The molecule has 2 N–H and O–H groups in total. The lowest BCUT2D eigenvalue weighted by molar-refractivity contribution is 0.101. The van der Waals surface area contributed by atoms with Crippen LogP contribution in [-0.4, -0.2) is 22.9 Å². The molecule has 0 amide bonds. The third kappa shape index (κ3) is 4.00. The maximum Gasteiger partial charge on any atom is 0.163 e. The van der Waals surface area contributed by atoms with Gasteiger partial charge in [-0.05, 0) is 37.1 Å². The largest absolute Gasteiger partial charge is 0.496 e. The van der Waals surface area contributed by atoms with Gasteiger partial charge in [-0.2, -0.15) is 0 Å². The normalized spacial score (nSPS) is 12.0. The first-order valence-electron chi connectivity index (χ1n) is 8.60. The topological polar surface area (TPSA) is 67.0 Å². The molecule has 0 radical (unpaired) electrons. The second kappa shape index (κ2) is 7.97. The van der Waals surface area contributed by atoms with Crippen molar-refractivity contribution in [2.45, 2.75) is 26.4 Å². The van der Waals surface area contributed by atoms with E-state index in [-0.39, 0.29) is 11.8 Å². The number of benzene rings is 2. The summed E-state index contributed by atoms with van der Waals surface area (Å²) in [5.74, 6) is 1.48. The summed E-state index contributed by atoms with van der Waals surface area (Å²) in [7, 11) is 1.57. The summed E-state index contributed by atoms with van der Waals surface area (Å²) in [6.07, 6.45) is 1.85. The minimum atomic E-state index is -0.00436. The van der Waals surface area contributed by atoms with Crippen LogP contribution in [-0.2, 0) is 6.54 Å². The van der Waals surface area contributed by atoms with E-state index in [2.05, 4.69) is 34.3 Å². The van der Waals surface area contributed by atoms with E-state index >= 15 is 0 Å². The van der Waals surface area contributed by atoms with Crippen molar-refractivity contribution < 1.29 is 9.53 Å². The summed E-state index contributed by atoms with van der Waals surface area (Å²) in [6, 6.07) is 15.8. The fourth-order valence-corrected chi connectivity index (χ4v) is 2.83. The molecule has 3 aromatic rings. The van der Waals surface area contributed by atoms with E-state index in [4.69, 9.17) is 4.74 Å². The molecule has 2 aromatic carbocycles. The number of rotatable bonds is 7. The van der Waals surface area contributed by atoms with E-state index in [1.165, 1.54) is 0 Å². The van der Waals surface area contributed by atoms with Crippen molar-refractivity contribution in [2.24, 2.45) is 0 Å². The average molecular weight is 349 g/mol. The lowest BCUT2D eigenvalue weighted by Gasteiger charge is -2.13. The Labute approximate surface area is 153 Å². The highest BCUT2D eigenvalue weighted by Gasteiger charge is 2.12. The van der Waals surface area contributed by atoms with Crippen LogP contribution in [0.5, 0.6) is 5.75 Å². The first-order chi connectivity index (χ1) is 12.6. The molecule has 0 saturated carbocycles. The molecule has 3 rings (SSSR count). The Kier molecular flexibility index (Phi) is 5.49. The van der Waals surface area contributed by atoms with Crippen molar-refractivity contribution in [3.8, 4) is 17.0 Å². The van der Waals surface area contributed by atoms with Gasteiger partial charge in [0.2, 0.25) is 0 Å². The van der Waals surface area contributed by atoms with Gasteiger partial charge < -0.3 is 15.0 Å². The van der Waals surface area contributed by atoms with E-state index in [0.717, 1.165) is 22.6 Å². The number of imidazole rings is 1. The molecule has 0 aliphatic rings. The van der Waals surface area contributed by atoms with Crippen LogP contribution in [0.4, 0.5) is 0 Å². The smallest absolute Gasteiger partial charge is 0.163 e. The van der Waals surface area contributed by atoms with Gasteiger partial charge in [-0.25, -0.2) is 4.98 Å². The standard InChI is InChI=1S/C21H23N3O2/c1-14(21-23-13-19(24-21)17-7-5-4-6-8-17)22-12-16-9-10-20(26-3)18(11-16)15(2)25/h4-11,13-14,22H,12H2,1-3H3,(H,23,24). The zero-order valence-corrected chi connectivity index (χ0v) is 15.2. The molecule has 1 aromatic heterocycles. The number of hydrogen-bond acceptors (Lipinski definition) is 4. The molecule has 5 nitrogen and oxygen atoms in total. The van der Waals surface area contributed by atoms with Gasteiger partial charge in [0.05, 0.1) is 30.6 Å². The fraction of sp³-hybridized carbons (Fsp3) is 0.238. The monoisotopic (exact) mass is 349 g/mol. The maximum atomic E-state index is 11.8. The van der Waals surface area contributed by atoms with Crippen LogP contribution in [0.1, 0.15) is 41.6 Å². The Bertz CT molecular complexity index is 887. The number of aromatic amines is 1. The molecule has 0 bridgehead atoms. The van der Waals surface area contributed by atoms with Gasteiger partial charge in [-0.1, -0.05) is 36.4 Å².